The monoisotopic (exact) mass is 192 g/mol. The van der Waals surface area contributed by atoms with E-state index in [1.54, 1.807) is 0 Å². The Kier molecular flexibility index (Phi) is 5.27. The molecule has 1 fully saturated rings. The molecule has 0 aliphatic carbocycles. The summed E-state index contributed by atoms with van der Waals surface area (Å²) in [5, 5.41) is 3.35. The second-order valence-electron chi connectivity index (χ2n) is 3.42. The van der Waals surface area contributed by atoms with Crippen molar-refractivity contribution in [2.24, 2.45) is 5.73 Å². The van der Waals surface area contributed by atoms with Crippen LogP contribution in [0.5, 0.6) is 0 Å². The van der Waals surface area contributed by atoms with Crippen LogP contribution in [0.1, 0.15) is 19.8 Å². The third-order valence-electron chi connectivity index (χ3n) is 2.33. The molecule has 0 spiro atoms. The first-order valence-corrected chi connectivity index (χ1v) is 5.34. The van der Waals surface area contributed by atoms with Crippen LogP contribution in [0.4, 0.5) is 0 Å². The van der Waals surface area contributed by atoms with Gasteiger partial charge in [0.2, 0.25) is 0 Å². The van der Waals surface area contributed by atoms with Crippen molar-refractivity contribution in [3.8, 4) is 0 Å². The van der Waals surface area contributed by atoms with E-state index in [9.17, 15) is 0 Å². The zero-order chi connectivity index (χ0) is 10.2. The van der Waals surface area contributed by atoms with Gasteiger partial charge in [0.1, 0.15) is 0 Å². The van der Waals surface area contributed by atoms with Gasteiger partial charge in [-0.25, -0.2) is 0 Å². The molecule has 78 valence electrons. The van der Waals surface area contributed by atoms with Gasteiger partial charge < -0.3 is 11.1 Å². The molecule has 3 N–H and O–H groups in total. The van der Waals surface area contributed by atoms with E-state index in [1.165, 1.54) is 11.1 Å². The maximum atomic E-state index is 5.53. The van der Waals surface area contributed by atoms with Crippen LogP contribution in [0, 0.1) is 0 Å². The molecular weight excluding hydrogens is 172 g/mol. The van der Waals surface area contributed by atoms with Gasteiger partial charge in [0.05, 0.1) is 0 Å². The number of allylic oxidation sites excluding steroid dienone is 3. The highest BCUT2D eigenvalue weighted by Gasteiger charge is 2.08. The standard InChI is InChI=1S/C12H20N2/c1-2-3-4-5-11-7-9-14-10-12(11)6-8-13/h3-6,14H,2,7-10,13H2,1H3/b4-3-,11-5-,12-6-. The van der Waals surface area contributed by atoms with E-state index in [1.807, 2.05) is 0 Å². The Balaban J connectivity index is 2.67. The van der Waals surface area contributed by atoms with Crippen LogP contribution >= 0.6 is 0 Å². The maximum absolute atomic E-state index is 5.53. The van der Waals surface area contributed by atoms with Gasteiger partial charge >= 0.3 is 0 Å². The van der Waals surface area contributed by atoms with Crippen molar-refractivity contribution in [2.75, 3.05) is 19.6 Å². The highest BCUT2D eigenvalue weighted by Crippen LogP contribution is 2.16. The van der Waals surface area contributed by atoms with Gasteiger partial charge in [0.15, 0.2) is 0 Å². The van der Waals surface area contributed by atoms with Crippen molar-refractivity contribution < 1.29 is 0 Å². The number of piperidine rings is 1. The fraction of sp³-hybridized carbons (Fsp3) is 0.500. The van der Waals surface area contributed by atoms with Crippen molar-refractivity contribution >= 4 is 0 Å². The average molecular weight is 192 g/mol. The summed E-state index contributed by atoms with van der Waals surface area (Å²) in [6.07, 6.45) is 10.8. The largest absolute Gasteiger partial charge is 0.327 e. The second-order valence-corrected chi connectivity index (χ2v) is 3.42. The van der Waals surface area contributed by atoms with E-state index >= 15 is 0 Å². The molecule has 14 heavy (non-hydrogen) atoms. The summed E-state index contributed by atoms with van der Waals surface area (Å²) in [6, 6.07) is 0. The summed E-state index contributed by atoms with van der Waals surface area (Å²) in [6.45, 7) is 4.82. The number of nitrogens with two attached hydrogens (primary N) is 1. The van der Waals surface area contributed by atoms with Gasteiger partial charge in [-0.05, 0) is 30.5 Å². The molecule has 0 aromatic rings. The zero-order valence-corrected chi connectivity index (χ0v) is 8.92. The number of hydrogen-bond donors (Lipinski definition) is 2. The first-order valence-electron chi connectivity index (χ1n) is 5.34. The lowest BCUT2D eigenvalue weighted by atomic mass is 9.98. The molecule has 0 bridgehead atoms. The van der Waals surface area contributed by atoms with Gasteiger partial charge in [-0.3, -0.25) is 0 Å². The van der Waals surface area contributed by atoms with Crippen LogP contribution in [-0.4, -0.2) is 19.6 Å². The Hall–Kier alpha value is -0.860. The molecular formula is C12H20N2. The van der Waals surface area contributed by atoms with Crippen molar-refractivity contribution in [3.05, 3.63) is 35.5 Å². The first-order chi connectivity index (χ1) is 6.88. The Morgan fingerprint density at radius 1 is 1.43 bits per heavy atom. The highest BCUT2D eigenvalue weighted by molar-refractivity contribution is 5.36. The van der Waals surface area contributed by atoms with Crippen molar-refractivity contribution in [1.29, 1.82) is 0 Å². The smallest absolute Gasteiger partial charge is 0.0205 e. The molecule has 0 aromatic carbocycles. The molecule has 0 saturated carbocycles. The fourth-order valence-corrected chi connectivity index (χ4v) is 1.58. The lowest BCUT2D eigenvalue weighted by molar-refractivity contribution is 0.681. The molecule has 1 heterocycles. The van der Waals surface area contributed by atoms with Gasteiger partial charge in [-0.15, -0.1) is 0 Å². The van der Waals surface area contributed by atoms with Crippen LogP contribution in [0.25, 0.3) is 0 Å². The van der Waals surface area contributed by atoms with Crippen molar-refractivity contribution in [1.82, 2.24) is 5.32 Å². The minimum atomic E-state index is 0.631. The normalized spacial score (nSPS) is 23.9. The predicted molar refractivity (Wildman–Crippen MR) is 62.1 cm³/mol. The van der Waals surface area contributed by atoms with Crippen LogP contribution in [0.3, 0.4) is 0 Å². The molecule has 1 rings (SSSR count). The zero-order valence-electron chi connectivity index (χ0n) is 8.92. The molecule has 0 aromatic heterocycles. The minimum absolute atomic E-state index is 0.631. The Morgan fingerprint density at radius 2 is 2.29 bits per heavy atom. The van der Waals surface area contributed by atoms with Crippen molar-refractivity contribution in [3.63, 3.8) is 0 Å². The quantitative estimate of drug-likeness (QED) is 0.715. The second kappa shape index (κ2) is 6.57. The Morgan fingerprint density at radius 3 is 3.00 bits per heavy atom. The molecule has 1 saturated heterocycles. The maximum Gasteiger partial charge on any atom is 0.0205 e. The van der Waals surface area contributed by atoms with E-state index in [0.717, 1.165) is 25.9 Å². The number of nitrogens with one attached hydrogen (secondary N) is 1. The van der Waals surface area contributed by atoms with E-state index in [4.69, 9.17) is 5.73 Å². The summed E-state index contributed by atoms with van der Waals surface area (Å²) in [5.41, 5.74) is 8.32. The van der Waals surface area contributed by atoms with E-state index in [-0.39, 0.29) is 0 Å². The van der Waals surface area contributed by atoms with Crippen LogP contribution in [0.2, 0.25) is 0 Å². The molecule has 0 atom stereocenters. The van der Waals surface area contributed by atoms with Gasteiger partial charge in [-0.1, -0.05) is 31.2 Å². The molecule has 0 radical (unpaired) electrons. The molecule has 0 amide bonds. The fourth-order valence-electron chi connectivity index (χ4n) is 1.58. The molecule has 0 unspecified atom stereocenters. The lowest BCUT2D eigenvalue weighted by Crippen LogP contribution is -2.26. The summed E-state index contributed by atoms with van der Waals surface area (Å²) in [7, 11) is 0. The summed E-state index contributed by atoms with van der Waals surface area (Å²) in [4.78, 5) is 0. The third-order valence-corrected chi connectivity index (χ3v) is 2.33. The summed E-state index contributed by atoms with van der Waals surface area (Å²) < 4.78 is 0. The van der Waals surface area contributed by atoms with E-state index in [0.29, 0.717) is 6.54 Å². The van der Waals surface area contributed by atoms with Gasteiger partial charge in [-0.2, -0.15) is 0 Å². The van der Waals surface area contributed by atoms with Gasteiger partial charge in [0.25, 0.3) is 0 Å². The highest BCUT2D eigenvalue weighted by atomic mass is 14.9. The topological polar surface area (TPSA) is 38.0 Å². The van der Waals surface area contributed by atoms with E-state index in [2.05, 4.69) is 36.5 Å². The Labute approximate surface area is 86.6 Å². The molecule has 1 aliphatic rings. The first kappa shape index (κ1) is 11.2. The van der Waals surface area contributed by atoms with Crippen LogP contribution in [0.15, 0.2) is 35.5 Å². The van der Waals surface area contributed by atoms with Gasteiger partial charge in [0, 0.05) is 13.1 Å². The van der Waals surface area contributed by atoms with Crippen LogP contribution in [-0.2, 0) is 0 Å². The predicted octanol–water partition coefficient (Wildman–Crippen LogP) is 1.76. The molecule has 1 aliphatic heterocycles. The lowest BCUT2D eigenvalue weighted by Gasteiger charge is -2.19. The average Bonchev–Trinajstić information content (AvgIpc) is 2.21. The third kappa shape index (κ3) is 3.48. The number of rotatable bonds is 3. The number of hydrogen-bond acceptors (Lipinski definition) is 2. The summed E-state index contributed by atoms with van der Waals surface area (Å²) >= 11 is 0. The van der Waals surface area contributed by atoms with Crippen LogP contribution < -0.4 is 11.1 Å². The Bertz CT molecular complexity index is 249. The molecule has 2 nitrogen and oxygen atoms in total. The molecule has 2 heteroatoms. The van der Waals surface area contributed by atoms with E-state index < -0.39 is 0 Å². The SMILES string of the molecule is CC\C=C/C=C1/CCNC/C1=C/CN. The summed E-state index contributed by atoms with van der Waals surface area (Å²) in [5.74, 6) is 0. The van der Waals surface area contributed by atoms with Crippen molar-refractivity contribution in [2.45, 2.75) is 19.8 Å². The minimum Gasteiger partial charge on any atom is -0.327 e.